The molecule has 47 heavy (non-hydrogen) atoms. The van der Waals surface area contributed by atoms with Gasteiger partial charge in [0.25, 0.3) is 5.56 Å². The standard InChI is InChI=1S/C37H28FN5O4/c1-3-47-36(46)33-30-24-14-7-8-15-25(24)34(44)31-26(16-17-27(32(30)31)43(2)35(33)45)39-23-13-9-12-22(18-23)20-29-40-28(41-37(38)42-29)19-21-10-5-4-6-11-21/h4-18,39H,3,19-20H2,1-2H3. The van der Waals surface area contributed by atoms with E-state index in [-0.39, 0.29) is 24.4 Å². The number of carbonyl (C=O) groups is 2. The monoisotopic (exact) mass is 625 g/mol. The molecular weight excluding hydrogens is 597 g/mol. The zero-order valence-electron chi connectivity index (χ0n) is 25.6. The van der Waals surface area contributed by atoms with Gasteiger partial charge in [0, 0.05) is 42.1 Å². The van der Waals surface area contributed by atoms with Crippen LogP contribution < -0.4 is 10.9 Å². The Morgan fingerprint density at radius 1 is 0.809 bits per heavy atom. The van der Waals surface area contributed by atoms with Gasteiger partial charge >= 0.3 is 12.0 Å². The van der Waals surface area contributed by atoms with Crippen molar-refractivity contribution in [2.45, 2.75) is 19.8 Å². The van der Waals surface area contributed by atoms with Gasteiger partial charge in [-0.15, -0.1) is 0 Å². The maximum Gasteiger partial charge on any atom is 0.344 e. The zero-order valence-corrected chi connectivity index (χ0v) is 25.6. The fourth-order valence-corrected chi connectivity index (χ4v) is 6.14. The normalized spacial score (nSPS) is 11.8. The van der Waals surface area contributed by atoms with Crippen LogP contribution in [0.2, 0.25) is 0 Å². The summed E-state index contributed by atoms with van der Waals surface area (Å²) in [6, 6.07) is 27.5. The Hall–Kier alpha value is -6.03. The van der Waals surface area contributed by atoms with Gasteiger partial charge in [-0.25, -0.2) is 9.78 Å². The van der Waals surface area contributed by atoms with Crippen molar-refractivity contribution in [1.82, 2.24) is 19.5 Å². The minimum atomic E-state index is -0.836. The maximum atomic E-state index is 14.4. The number of pyridine rings is 1. The third-order valence-corrected chi connectivity index (χ3v) is 8.18. The third-order valence-electron chi connectivity index (χ3n) is 8.18. The summed E-state index contributed by atoms with van der Waals surface area (Å²) in [6.07, 6.45) is -0.206. The van der Waals surface area contributed by atoms with E-state index >= 15 is 0 Å². The quantitative estimate of drug-likeness (QED) is 0.199. The molecule has 0 aliphatic heterocycles. The second kappa shape index (κ2) is 12.1. The number of aryl methyl sites for hydroxylation is 1. The van der Waals surface area contributed by atoms with Gasteiger partial charge in [0.15, 0.2) is 5.78 Å². The van der Waals surface area contributed by atoms with Crippen LogP contribution in [0.5, 0.6) is 0 Å². The van der Waals surface area contributed by atoms with Crippen LogP contribution in [-0.4, -0.2) is 37.9 Å². The van der Waals surface area contributed by atoms with Crippen molar-refractivity contribution < 1.29 is 18.7 Å². The fraction of sp³-hybridized carbons (Fsp3) is 0.135. The zero-order chi connectivity index (χ0) is 32.7. The number of anilines is 2. The van der Waals surface area contributed by atoms with Crippen molar-refractivity contribution >= 4 is 34.0 Å². The lowest BCUT2D eigenvalue weighted by molar-refractivity contribution is 0.0524. The summed E-state index contributed by atoms with van der Waals surface area (Å²) in [4.78, 5) is 53.1. The molecule has 2 aromatic heterocycles. The van der Waals surface area contributed by atoms with Crippen LogP contribution in [0.25, 0.3) is 22.0 Å². The molecule has 0 radical (unpaired) electrons. The average Bonchev–Trinajstić information content (AvgIpc) is 3.06. The number of benzene rings is 4. The van der Waals surface area contributed by atoms with Gasteiger partial charge in [-0.05, 0) is 47.9 Å². The highest BCUT2D eigenvalue weighted by Crippen LogP contribution is 2.43. The molecule has 0 saturated heterocycles. The highest BCUT2D eigenvalue weighted by Gasteiger charge is 2.34. The van der Waals surface area contributed by atoms with E-state index in [1.807, 2.05) is 54.6 Å². The molecule has 0 amide bonds. The molecule has 2 heterocycles. The minimum Gasteiger partial charge on any atom is -0.462 e. The highest BCUT2D eigenvalue weighted by molar-refractivity contribution is 6.29. The SMILES string of the molecule is CCOC(=O)c1c2c3c(c(Nc4cccc(Cc5nc(F)nc(Cc6ccccc6)n5)c4)ccc3n(C)c1=O)C(=O)c1ccccc1-2. The van der Waals surface area contributed by atoms with Gasteiger partial charge < -0.3 is 14.6 Å². The second-order valence-corrected chi connectivity index (χ2v) is 11.2. The molecule has 6 aromatic rings. The molecule has 0 unspecified atom stereocenters. The summed E-state index contributed by atoms with van der Waals surface area (Å²) in [5, 5.41) is 3.87. The van der Waals surface area contributed by atoms with E-state index < -0.39 is 17.6 Å². The maximum absolute atomic E-state index is 14.4. The molecule has 10 heteroatoms. The smallest absolute Gasteiger partial charge is 0.344 e. The lowest BCUT2D eigenvalue weighted by Crippen LogP contribution is -2.29. The van der Waals surface area contributed by atoms with Gasteiger partial charge in [-0.1, -0.05) is 66.7 Å². The lowest BCUT2D eigenvalue weighted by atomic mass is 9.81. The van der Waals surface area contributed by atoms with Crippen LogP contribution in [0.3, 0.4) is 0 Å². The van der Waals surface area contributed by atoms with Crippen molar-refractivity contribution in [2.75, 3.05) is 11.9 Å². The van der Waals surface area contributed by atoms with E-state index in [9.17, 15) is 18.8 Å². The van der Waals surface area contributed by atoms with Gasteiger partial charge in [-0.2, -0.15) is 14.4 Å². The van der Waals surface area contributed by atoms with Crippen LogP contribution in [0.1, 0.15) is 56.0 Å². The molecule has 9 nitrogen and oxygen atoms in total. The Morgan fingerprint density at radius 3 is 2.23 bits per heavy atom. The molecule has 7 rings (SSSR count). The number of hydrogen-bond donors (Lipinski definition) is 1. The van der Waals surface area contributed by atoms with Gasteiger partial charge in [0.05, 0.1) is 23.4 Å². The molecule has 4 aromatic carbocycles. The van der Waals surface area contributed by atoms with E-state index in [2.05, 4.69) is 20.3 Å². The summed E-state index contributed by atoms with van der Waals surface area (Å²) in [6.45, 7) is 1.77. The number of rotatable bonds is 8. The van der Waals surface area contributed by atoms with Crippen LogP contribution in [0.4, 0.5) is 15.8 Å². The first-order chi connectivity index (χ1) is 22.8. The van der Waals surface area contributed by atoms with Crippen molar-refractivity contribution in [3.63, 3.8) is 0 Å². The number of ketones is 1. The number of halogens is 1. The van der Waals surface area contributed by atoms with Crippen molar-refractivity contribution in [2.24, 2.45) is 7.05 Å². The Balaban J connectivity index is 1.29. The Bertz CT molecular complexity index is 2280. The first kappa shape index (κ1) is 29.7. The first-order valence-corrected chi connectivity index (χ1v) is 15.1. The number of esters is 1. The number of nitrogens with zero attached hydrogens (tertiary/aromatic N) is 4. The second-order valence-electron chi connectivity index (χ2n) is 11.2. The Kier molecular flexibility index (Phi) is 7.61. The number of ether oxygens (including phenoxy) is 1. The number of hydrogen-bond acceptors (Lipinski definition) is 8. The van der Waals surface area contributed by atoms with Crippen LogP contribution >= 0.6 is 0 Å². The van der Waals surface area contributed by atoms with E-state index in [0.29, 0.717) is 62.6 Å². The molecule has 1 aliphatic rings. The van der Waals surface area contributed by atoms with E-state index in [0.717, 1.165) is 11.1 Å². The number of aromatic nitrogens is 4. The van der Waals surface area contributed by atoms with E-state index in [1.54, 1.807) is 50.4 Å². The molecule has 1 aliphatic carbocycles. The highest BCUT2D eigenvalue weighted by atomic mass is 19.1. The van der Waals surface area contributed by atoms with E-state index in [4.69, 9.17) is 4.74 Å². The average molecular weight is 626 g/mol. The predicted octanol–water partition coefficient (Wildman–Crippen LogP) is 6.18. The molecule has 0 atom stereocenters. The van der Waals surface area contributed by atoms with Crippen molar-refractivity contribution in [3.05, 3.63) is 147 Å². The summed E-state index contributed by atoms with van der Waals surface area (Å²) < 4.78 is 21.1. The molecule has 1 N–H and O–H groups in total. The summed E-state index contributed by atoms with van der Waals surface area (Å²) in [5.41, 5.74) is 4.45. The molecule has 0 saturated carbocycles. The molecular formula is C37H28FN5O4. The molecule has 232 valence electrons. The number of carbonyl (C=O) groups excluding carboxylic acids is 2. The van der Waals surface area contributed by atoms with Crippen molar-refractivity contribution in [3.8, 4) is 11.1 Å². The predicted molar refractivity (Wildman–Crippen MR) is 176 cm³/mol. The first-order valence-electron chi connectivity index (χ1n) is 15.1. The Morgan fingerprint density at radius 2 is 1.49 bits per heavy atom. The fourth-order valence-electron chi connectivity index (χ4n) is 6.14. The van der Waals surface area contributed by atoms with Crippen LogP contribution in [0.15, 0.2) is 95.8 Å². The summed E-state index contributed by atoms with van der Waals surface area (Å²) in [7, 11) is 1.57. The van der Waals surface area contributed by atoms with Crippen molar-refractivity contribution in [1.29, 1.82) is 0 Å². The molecule has 0 spiro atoms. The number of nitrogens with one attached hydrogen (secondary N) is 1. The number of fused-ring (bicyclic) bond motifs is 2. The Labute approximate surface area is 268 Å². The molecule has 0 fully saturated rings. The third kappa shape index (κ3) is 5.43. The largest absolute Gasteiger partial charge is 0.462 e. The van der Waals surface area contributed by atoms with Gasteiger partial charge in [-0.3, -0.25) is 9.59 Å². The van der Waals surface area contributed by atoms with Gasteiger partial charge in [0.1, 0.15) is 17.2 Å². The van der Waals surface area contributed by atoms with Crippen LogP contribution in [0, 0.1) is 6.08 Å². The van der Waals surface area contributed by atoms with Gasteiger partial charge in [0.2, 0.25) is 0 Å². The lowest BCUT2D eigenvalue weighted by Gasteiger charge is -2.25. The molecule has 0 bridgehead atoms. The topological polar surface area (TPSA) is 116 Å². The van der Waals surface area contributed by atoms with E-state index in [1.165, 1.54) is 4.57 Å². The minimum absolute atomic E-state index is 0.0936. The van der Waals surface area contributed by atoms with Crippen LogP contribution in [-0.2, 0) is 24.6 Å². The summed E-state index contributed by atoms with van der Waals surface area (Å²) >= 11 is 0. The summed E-state index contributed by atoms with van der Waals surface area (Å²) in [5.74, 6) is -0.343.